The van der Waals surface area contributed by atoms with E-state index in [9.17, 15) is 14.4 Å². The number of rotatable bonds is 6. The number of nitrogens with zero attached hydrogens (tertiary/aromatic N) is 1. The maximum atomic E-state index is 12.8. The molecule has 1 saturated heterocycles. The van der Waals surface area contributed by atoms with E-state index in [1.54, 1.807) is 24.3 Å². The highest BCUT2D eigenvalue weighted by Crippen LogP contribution is 2.34. The summed E-state index contributed by atoms with van der Waals surface area (Å²) in [5, 5.41) is 5.50. The molecule has 1 aliphatic heterocycles. The second kappa shape index (κ2) is 8.77. The van der Waals surface area contributed by atoms with Crippen LogP contribution in [0, 0.1) is 6.92 Å². The fraction of sp³-hybridized carbons (Fsp3) is 0.318. The molecule has 0 saturated carbocycles. The topological polar surface area (TPSA) is 87.7 Å². The molecule has 1 aliphatic rings. The van der Waals surface area contributed by atoms with E-state index >= 15 is 0 Å². The van der Waals surface area contributed by atoms with Crippen molar-refractivity contribution in [3.8, 4) is 0 Å². The van der Waals surface area contributed by atoms with Gasteiger partial charge in [0.05, 0.1) is 6.54 Å². The lowest BCUT2D eigenvalue weighted by Crippen LogP contribution is -2.46. The van der Waals surface area contributed by atoms with Gasteiger partial charge in [0.15, 0.2) is 12.1 Å². The number of cyclic esters (lactones) is 1. The van der Waals surface area contributed by atoms with Crippen molar-refractivity contribution in [3.63, 3.8) is 0 Å². The molecule has 2 N–H and O–H groups in total. The van der Waals surface area contributed by atoms with Crippen molar-refractivity contribution < 1.29 is 19.1 Å². The summed E-state index contributed by atoms with van der Waals surface area (Å²) in [4.78, 5) is 38.1. The van der Waals surface area contributed by atoms with Crippen LogP contribution in [0.25, 0.3) is 0 Å². The Hall–Kier alpha value is -3.35. The van der Waals surface area contributed by atoms with Gasteiger partial charge < -0.3 is 15.4 Å². The van der Waals surface area contributed by atoms with Gasteiger partial charge in [-0.25, -0.2) is 4.79 Å². The van der Waals surface area contributed by atoms with Crippen molar-refractivity contribution in [2.24, 2.45) is 0 Å². The summed E-state index contributed by atoms with van der Waals surface area (Å²) in [6, 6.07) is 14.0. The van der Waals surface area contributed by atoms with E-state index in [1.165, 1.54) is 11.8 Å². The summed E-state index contributed by atoms with van der Waals surface area (Å²) in [6.07, 6.45) is -1.26. The van der Waals surface area contributed by atoms with Crippen molar-refractivity contribution in [2.45, 2.75) is 39.5 Å². The third-order valence-corrected chi connectivity index (χ3v) is 4.74. The van der Waals surface area contributed by atoms with E-state index in [0.717, 1.165) is 11.1 Å². The Morgan fingerprint density at radius 1 is 1.07 bits per heavy atom. The Bertz CT molecular complexity index is 893. The van der Waals surface area contributed by atoms with Crippen LogP contribution in [0.4, 0.5) is 10.5 Å². The maximum Gasteiger partial charge on any atom is 0.411 e. The summed E-state index contributed by atoms with van der Waals surface area (Å²) in [6.45, 7) is 5.99. The number of carbonyl (C=O) groups excluding carboxylic acids is 3. The maximum absolute atomic E-state index is 12.8. The fourth-order valence-electron chi connectivity index (χ4n) is 3.34. The van der Waals surface area contributed by atoms with Crippen LogP contribution in [0.2, 0.25) is 0 Å². The van der Waals surface area contributed by atoms with Crippen molar-refractivity contribution in [3.05, 3.63) is 65.2 Å². The molecule has 3 amide bonds. The molecule has 1 heterocycles. The molecule has 7 heteroatoms. The van der Waals surface area contributed by atoms with Crippen molar-refractivity contribution in [1.82, 2.24) is 10.2 Å². The zero-order chi connectivity index (χ0) is 21.0. The molecular formula is C22H25N3O4. The van der Waals surface area contributed by atoms with Gasteiger partial charge in [0.25, 0.3) is 0 Å². The van der Waals surface area contributed by atoms with Crippen LogP contribution < -0.4 is 10.6 Å². The van der Waals surface area contributed by atoms with Crippen molar-refractivity contribution in [2.75, 3.05) is 11.9 Å². The van der Waals surface area contributed by atoms with Crippen LogP contribution in [0.1, 0.15) is 36.6 Å². The second-order valence-corrected chi connectivity index (χ2v) is 7.06. The van der Waals surface area contributed by atoms with Crippen LogP contribution in [0.3, 0.4) is 0 Å². The molecule has 1 fully saturated rings. The second-order valence-electron chi connectivity index (χ2n) is 7.06. The van der Waals surface area contributed by atoms with E-state index in [2.05, 4.69) is 10.6 Å². The number of hydrogen-bond donors (Lipinski definition) is 2. The highest BCUT2D eigenvalue weighted by atomic mass is 16.6. The van der Waals surface area contributed by atoms with Gasteiger partial charge in [-0.05, 0) is 37.1 Å². The average molecular weight is 395 g/mol. The number of likely N-dealkylation sites (N-methyl/N-ethyl adjacent to an activating group) is 1. The number of amides is 3. The summed E-state index contributed by atoms with van der Waals surface area (Å²) < 4.78 is 5.60. The lowest BCUT2D eigenvalue weighted by molar-refractivity contribution is -0.126. The normalized spacial score (nSPS) is 18.3. The molecule has 0 aromatic heterocycles. The Morgan fingerprint density at radius 3 is 2.31 bits per heavy atom. The first-order chi connectivity index (χ1) is 13.9. The SMILES string of the molecule is CCNC(=O)C1C(c2ccc(NC(C)=O)cc2)OC(=O)N1Cc1ccc(C)cc1. The molecule has 2 aromatic carbocycles. The minimum Gasteiger partial charge on any atom is -0.438 e. The third kappa shape index (κ3) is 4.74. The standard InChI is InChI=1S/C22H25N3O4/c1-4-23-21(27)19-20(17-9-11-18(12-10-17)24-15(3)26)29-22(28)25(19)13-16-7-5-14(2)6-8-16/h5-12,19-20H,4,13H2,1-3H3,(H,23,27)(H,24,26). The zero-order valence-electron chi connectivity index (χ0n) is 16.8. The van der Waals surface area contributed by atoms with Gasteiger partial charge in [-0.1, -0.05) is 42.0 Å². The lowest BCUT2D eigenvalue weighted by atomic mass is 10.00. The minimum absolute atomic E-state index is 0.172. The molecule has 0 bridgehead atoms. The van der Waals surface area contributed by atoms with Crippen molar-refractivity contribution in [1.29, 1.82) is 0 Å². The van der Waals surface area contributed by atoms with E-state index in [0.29, 0.717) is 17.8 Å². The predicted octanol–water partition coefficient (Wildman–Crippen LogP) is 3.15. The van der Waals surface area contributed by atoms with E-state index < -0.39 is 18.2 Å². The van der Waals surface area contributed by atoms with Gasteiger partial charge >= 0.3 is 6.09 Å². The quantitative estimate of drug-likeness (QED) is 0.787. The Morgan fingerprint density at radius 2 is 1.72 bits per heavy atom. The van der Waals surface area contributed by atoms with Gasteiger partial charge in [-0.3, -0.25) is 14.5 Å². The number of ether oxygens (including phenoxy) is 1. The minimum atomic E-state index is -0.782. The first kappa shape index (κ1) is 20.4. The molecule has 7 nitrogen and oxygen atoms in total. The molecule has 2 atom stereocenters. The zero-order valence-corrected chi connectivity index (χ0v) is 16.8. The van der Waals surface area contributed by atoms with Gasteiger partial charge in [-0.15, -0.1) is 0 Å². The monoisotopic (exact) mass is 395 g/mol. The molecule has 0 spiro atoms. The van der Waals surface area contributed by atoms with Crippen LogP contribution in [0.15, 0.2) is 48.5 Å². The molecule has 29 heavy (non-hydrogen) atoms. The third-order valence-electron chi connectivity index (χ3n) is 4.74. The van der Waals surface area contributed by atoms with E-state index in [1.807, 2.05) is 38.1 Å². The van der Waals surface area contributed by atoms with Gasteiger partial charge in [0.1, 0.15) is 0 Å². The molecule has 2 aromatic rings. The molecule has 0 radical (unpaired) electrons. The lowest BCUT2D eigenvalue weighted by Gasteiger charge is -2.24. The van der Waals surface area contributed by atoms with E-state index in [4.69, 9.17) is 4.74 Å². The van der Waals surface area contributed by atoms with Crippen LogP contribution in [0.5, 0.6) is 0 Å². The molecule has 3 rings (SSSR count). The summed E-state index contributed by atoms with van der Waals surface area (Å²) in [5.74, 6) is -0.434. The summed E-state index contributed by atoms with van der Waals surface area (Å²) >= 11 is 0. The van der Waals surface area contributed by atoms with Crippen molar-refractivity contribution >= 4 is 23.6 Å². The molecule has 152 valence electrons. The predicted molar refractivity (Wildman–Crippen MR) is 109 cm³/mol. The number of aryl methyl sites for hydroxylation is 1. The summed E-state index contributed by atoms with van der Waals surface area (Å²) in [5.41, 5.74) is 3.37. The number of anilines is 1. The first-order valence-corrected chi connectivity index (χ1v) is 9.57. The Balaban J connectivity index is 1.87. The Labute approximate surface area is 170 Å². The van der Waals surface area contributed by atoms with Crippen LogP contribution in [-0.4, -0.2) is 35.4 Å². The highest BCUT2D eigenvalue weighted by molar-refractivity contribution is 5.90. The smallest absolute Gasteiger partial charge is 0.411 e. The van der Waals surface area contributed by atoms with Gasteiger partial charge in [0, 0.05) is 19.2 Å². The summed E-state index contributed by atoms with van der Waals surface area (Å²) in [7, 11) is 0. The van der Waals surface area contributed by atoms with Gasteiger partial charge in [-0.2, -0.15) is 0 Å². The highest BCUT2D eigenvalue weighted by Gasteiger charge is 2.46. The number of hydrogen-bond acceptors (Lipinski definition) is 4. The van der Waals surface area contributed by atoms with Gasteiger partial charge in [0.2, 0.25) is 11.8 Å². The van der Waals surface area contributed by atoms with E-state index in [-0.39, 0.29) is 18.4 Å². The molecule has 2 unspecified atom stereocenters. The molecular weight excluding hydrogens is 370 g/mol. The first-order valence-electron chi connectivity index (χ1n) is 9.57. The average Bonchev–Trinajstić information content (AvgIpc) is 3.00. The number of nitrogens with one attached hydrogen (secondary N) is 2. The Kier molecular flexibility index (Phi) is 6.16. The fourth-order valence-corrected chi connectivity index (χ4v) is 3.34. The number of carbonyl (C=O) groups is 3. The largest absolute Gasteiger partial charge is 0.438 e. The van der Waals surface area contributed by atoms with Crippen LogP contribution >= 0.6 is 0 Å². The molecule has 0 aliphatic carbocycles. The number of benzene rings is 2. The van der Waals surface area contributed by atoms with Crippen LogP contribution in [-0.2, 0) is 20.9 Å².